The molecule has 4 nitrogen and oxygen atoms in total. The number of carbonyl (C=O) groups excluding carboxylic acids is 2. The van der Waals surface area contributed by atoms with Crippen LogP contribution in [0.1, 0.15) is 61.7 Å². The Morgan fingerprint density at radius 3 is 2.48 bits per heavy atom. The fourth-order valence-corrected chi connectivity index (χ4v) is 4.97. The van der Waals surface area contributed by atoms with Crippen LogP contribution in [0.15, 0.2) is 42.5 Å². The van der Waals surface area contributed by atoms with Crippen LogP contribution >= 0.6 is 0 Å². The molecule has 2 aromatic rings. The van der Waals surface area contributed by atoms with E-state index in [1.807, 2.05) is 42.5 Å². The number of benzene rings is 2. The molecule has 2 aromatic carbocycles. The lowest BCUT2D eigenvalue weighted by Gasteiger charge is -2.35. The summed E-state index contributed by atoms with van der Waals surface area (Å²) in [4.78, 5) is 27.9. The van der Waals surface area contributed by atoms with Crippen molar-refractivity contribution >= 4 is 22.6 Å². The van der Waals surface area contributed by atoms with E-state index in [9.17, 15) is 9.59 Å². The van der Waals surface area contributed by atoms with Gasteiger partial charge in [0.15, 0.2) is 0 Å². The number of piperidine rings is 1. The summed E-state index contributed by atoms with van der Waals surface area (Å²) in [7, 11) is 0. The molecule has 0 unspecified atom stereocenters. The van der Waals surface area contributed by atoms with E-state index in [2.05, 4.69) is 10.2 Å². The quantitative estimate of drug-likeness (QED) is 0.762. The number of nitrogens with zero attached hydrogens (tertiary/aromatic N) is 1. The van der Waals surface area contributed by atoms with Crippen molar-refractivity contribution in [2.45, 2.75) is 51.4 Å². The molecule has 1 aliphatic carbocycles. The topological polar surface area (TPSA) is 49.4 Å². The Morgan fingerprint density at radius 1 is 0.897 bits per heavy atom. The molecule has 1 aliphatic heterocycles. The third-order valence-electron chi connectivity index (χ3n) is 6.62. The Labute approximate surface area is 173 Å². The standard InChI is InChI=1S/C25H32N2O2/c28-24(23-15-7-13-20-10-5-6-14-22(20)23)26-17-19-9-8-16-27(18-19)25(29)21-11-3-1-2-4-12-21/h5-7,10,13-15,19,21H,1-4,8-9,11-12,16-18H2,(H,26,28)/t19-/m1/s1. The molecule has 2 fully saturated rings. The van der Waals surface area contributed by atoms with Crippen LogP contribution in [0.2, 0.25) is 0 Å². The van der Waals surface area contributed by atoms with Crippen LogP contribution in [0.3, 0.4) is 0 Å². The van der Waals surface area contributed by atoms with Crippen LogP contribution in [0.25, 0.3) is 10.8 Å². The average Bonchev–Trinajstić information content (AvgIpc) is 3.06. The second kappa shape index (κ2) is 9.43. The normalized spacial score (nSPS) is 21.0. The van der Waals surface area contributed by atoms with E-state index in [0.717, 1.165) is 55.1 Å². The summed E-state index contributed by atoms with van der Waals surface area (Å²) in [5.41, 5.74) is 0.727. The molecular weight excluding hydrogens is 360 g/mol. The number of hydrogen-bond donors (Lipinski definition) is 1. The lowest BCUT2D eigenvalue weighted by Crippen LogP contribution is -2.45. The SMILES string of the molecule is O=C(NC[C@H]1CCCN(C(=O)C2CCCCCC2)C1)c1cccc2ccccc12. The van der Waals surface area contributed by atoms with E-state index < -0.39 is 0 Å². The molecule has 2 amide bonds. The first-order valence-electron chi connectivity index (χ1n) is 11.3. The molecule has 4 heteroatoms. The van der Waals surface area contributed by atoms with E-state index in [4.69, 9.17) is 0 Å². The lowest BCUT2D eigenvalue weighted by molar-refractivity contribution is -0.137. The van der Waals surface area contributed by atoms with Gasteiger partial charge in [0.1, 0.15) is 0 Å². The maximum Gasteiger partial charge on any atom is 0.251 e. The zero-order valence-electron chi connectivity index (χ0n) is 17.2. The van der Waals surface area contributed by atoms with Gasteiger partial charge in [-0.1, -0.05) is 62.1 Å². The minimum Gasteiger partial charge on any atom is -0.352 e. The highest BCUT2D eigenvalue weighted by Gasteiger charge is 2.29. The number of likely N-dealkylation sites (tertiary alicyclic amines) is 1. The predicted octanol–water partition coefficient (Wildman–Crippen LogP) is 4.78. The molecule has 1 saturated heterocycles. The summed E-state index contributed by atoms with van der Waals surface area (Å²) in [5, 5.41) is 5.20. The van der Waals surface area contributed by atoms with E-state index >= 15 is 0 Å². The van der Waals surface area contributed by atoms with Crippen LogP contribution in [-0.4, -0.2) is 36.3 Å². The van der Waals surface area contributed by atoms with Gasteiger partial charge in [-0.15, -0.1) is 0 Å². The van der Waals surface area contributed by atoms with E-state index in [1.54, 1.807) is 0 Å². The molecule has 29 heavy (non-hydrogen) atoms. The summed E-state index contributed by atoms with van der Waals surface area (Å²) in [6.07, 6.45) is 9.13. The molecule has 0 spiro atoms. The molecule has 154 valence electrons. The molecular formula is C25H32N2O2. The van der Waals surface area contributed by atoms with Crippen LogP contribution in [0.4, 0.5) is 0 Å². The predicted molar refractivity (Wildman–Crippen MR) is 117 cm³/mol. The highest BCUT2D eigenvalue weighted by molar-refractivity contribution is 6.07. The fraction of sp³-hybridized carbons (Fsp3) is 0.520. The summed E-state index contributed by atoms with van der Waals surface area (Å²) in [5.74, 6) is 0.907. The average molecular weight is 393 g/mol. The Hall–Kier alpha value is -2.36. The number of fused-ring (bicyclic) bond motifs is 1. The summed E-state index contributed by atoms with van der Waals surface area (Å²) in [6, 6.07) is 13.8. The molecule has 2 aliphatic rings. The Balaban J connectivity index is 1.34. The summed E-state index contributed by atoms with van der Waals surface area (Å²) in [6.45, 7) is 2.30. The van der Waals surface area contributed by atoms with E-state index in [-0.39, 0.29) is 11.8 Å². The summed E-state index contributed by atoms with van der Waals surface area (Å²) < 4.78 is 0. The molecule has 4 rings (SSSR count). The number of nitrogens with one attached hydrogen (secondary N) is 1. The minimum absolute atomic E-state index is 0.0194. The van der Waals surface area contributed by atoms with Crippen molar-refractivity contribution in [3.63, 3.8) is 0 Å². The molecule has 1 saturated carbocycles. The minimum atomic E-state index is -0.0194. The van der Waals surface area contributed by atoms with Gasteiger partial charge in [0.2, 0.25) is 5.91 Å². The van der Waals surface area contributed by atoms with Gasteiger partial charge >= 0.3 is 0 Å². The number of amides is 2. The van der Waals surface area contributed by atoms with Crippen LogP contribution < -0.4 is 5.32 Å². The van der Waals surface area contributed by atoms with Gasteiger partial charge in [-0.2, -0.15) is 0 Å². The van der Waals surface area contributed by atoms with Crippen molar-refractivity contribution in [3.8, 4) is 0 Å². The first kappa shape index (κ1) is 19.9. The van der Waals surface area contributed by atoms with Crippen molar-refractivity contribution in [2.24, 2.45) is 11.8 Å². The van der Waals surface area contributed by atoms with Gasteiger partial charge in [0, 0.05) is 31.1 Å². The fourth-order valence-electron chi connectivity index (χ4n) is 4.97. The molecule has 0 aromatic heterocycles. The Morgan fingerprint density at radius 2 is 1.66 bits per heavy atom. The zero-order valence-corrected chi connectivity index (χ0v) is 17.2. The third-order valence-corrected chi connectivity index (χ3v) is 6.62. The van der Waals surface area contributed by atoms with Crippen molar-refractivity contribution in [1.82, 2.24) is 10.2 Å². The molecule has 1 N–H and O–H groups in total. The molecule has 1 heterocycles. The Kier molecular flexibility index (Phi) is 6.48. The second-order valence-electron chi connectivity index (χ2n) is 8.72. The maximum atomic E-state index is 13.0. The van der Waals surface area contributed by atoms with Crippen molar-refractivity contribution < 1.29 is 9.59 Å². The van der Waals surface area contributed by atoms with Crippen molar-refractivity contribution in [3.05, 3.63) is 48.0 Å². The lowest BCUT2D eigenvalue weighted by atomic mass is 9.93. The molecule has 1 atom stereocenters. The third kappa shape index (κ3) is 4.80. The largest absolute Gasteiger partial charge is 0.352 e. The second-order valence-corrected chi connectivity index (χ2v) is 8.72. The van der Waals surface area contributed by atoms with Crippen LogP contribution in [-0.2, 0) is 4.79 Å². The zero-order chi connectivity index (χ0) is 20.1. The van der Waals surface area contributed by atoms with E-state index in [1.165, 1.54) is 25.7 Å². The number of rotatable bonds is 4. The van der Waals surface area contributed by atoms with Gasteiger partial charge in [-0.25, -0.2) is 0 Å². The van der Waals surface area contributed by atoms with Crippen LogP contribution in [0, 0.1) is 11.8 Å². The first-order valence-corrected chi connectivity index (χ1v) is 11.3. The van der Waals surface area contributed by atoms with Gasteiger partial charge < -0.3 is 10.2 Å². The van der Waals surface area contributed by atoms with Gasteiger partial charge in [0.05, 0.1) is 0 Å². The summed E-state index contributed by atoms with van der Waals surface area (Å²) >= 11 is 0. The number of hydrogen-bond acceptors (Lipinski definition) is 2. The smallest absolute Gasteiger partial charge is 0.251 e. The first-order chi connectivity index (χ1) is 14.2. The van der Waals surface area contributed by atoms with Crippen molar-refractivity contribution in [2.75, 3.05) is 19.6 Å². The van der Waals surface area contributed by atoms with Crippen molar-refractivity contribution in [1.29, 1.82) is 0 Å². The van der Waals surface area contributed by atoms with Gasteiger partial charge in [-0.05, 0) is 48.4 Å². The van der Waals surface area contributed by atoms with E-state index in [0.29, 0.717) is 18.4 Å². The Bertz CT molecular complexity index is 850. The molecule has 0 radical (unpaired) electrons. The molecule has 0 bridgehead atoms. The van der Waals surface area contributed by atoms with Gasteiger partial charge in [-0.3, -0.25) is 9.59 Å². The monoisotopic (exact) mass is 392 g/mol. The highest BCUT2D eigenvalue weighted by atomic mass is 16.2. The number of carbonyl (C=O) groups is 2. The highest BCUT2D eigenvalue weighted by Crippen LogP contribution is 2.27. The maximum absolute atomic E-state index is 13.0. The van der Waals surface area contributed by atoms with Crippen LogP contribution in [0.5, 0.6) is 0 Å². The van der Waals surface area contributed by atoms with Gasteiger partial charge in [0.25, 0.3) is 5.91 Å².